The van der Waals surface area contributed by atoms with Crippen molar-refractivity contribution in [2.75, 3.05) is 0 Å². The molecule has 3 nitrogen and oxygen atoms in total. The summed E-state index contributed by atoms with van der Waals surface area (Å²) in [5, 5.41) is 9.49. The van der Waals surface area contributed by atoms with Crippen LogP contribution in [0.3, 0.4) is 0 Å². The summed E-state index contributed by atoms with van der Waals surface area (Å²) in [5.74, 6) is 0.232. The first-order valence-corrected chi connectivity index (χ1v) is 5.92. The van der Waals surface area contributed by atoms with Crippen LogP contribution in [-0.2, 0) is 9.31 Å². The van der Waals surface area contributed by atoms with Crippen molar-refractivity contribution < 1.29 is 14.4 Å². The fourth-order valence-corrected chi connectivity index (χ4v) is 2.52. The van der Waals surface area contributed by atoms with E-state index >= 15 is 0 Å². The highest BCUT2D eigenvalue weighted by Gasteiger charge is 2.43. The molecule has 0 bridgehead atoms. The lowest BCUT2D eigenvalue weighted by molar-refractivity contribution is -0.0716. The van der Waals surface area contributed by atoms with Crippen molar-refractivity contribution in [3.8, 4) is 5.75 Å². The second kappa shape index (κ2) is 4.04. The summed E-state index contributed by atoms with van der Waals surface area (Å²) in [6.07, 6.45) is 0.843. The molecule has 0 aromatic heterocycles. The van der Waals surface area contributed by atoms with Crippen LogP contribution in [0.15, 0.2) is 24.3 Å². The fraction of sp³-hybridized carbons (Fsp3) is 0.538. The molecule has 0 unspecified atom stereocenters. The van der Waals surface area contributed by atoms with Crippen molar-refractivity contribution >= 4 is 12.6 Å². The molecule has 4 heteroatoms. The summed E-state index contributed by atoms with van der Waals surface area (Å²) in [6, 6.07) is 7.03. The standard InChI is InChI=1S/C13H19BO3/c1-12(2)9-13(3,4)17-14(16-12)10-6-5-7-11(15)8-10/h5-8,15H,9H2,1-4H3. The minimum absolute atomic E-state index is 0.224. The summed E-state index contributed by atoms with van der Waals surface area (Å²) in [4.78, 5) is 0. The highest BCUT2D eigenvalue weighted by atomic mass is 16.6. The Kier molecular flexibility index (Phi) is 2.96. The maximum absolute atomic E-state index is 9.49. The van der Waals surface area contributed by atoms with Gasteiger partial charge in [-0.3, -0.25) is 0 Å². The number of rotatable bonds is 1. The van der Waals surface area contributed by atoms with Crippen molar-refractivity contribution in [2.24, 2.45) is 0 Å². The molecule has 1 aliphatic heterocycles. The Bertz CT molecular complexity index is 399. The quantitative estimate of drug-likeness (QED) is 0.756. The zero-order valence-corrected chi connectivity index (χ0v) is 10.9. The van der Waals surface area contributed by atoms with Crippen LogP contribution >= 0.6 is 0 Å². The zero-order chi connectivity index (χ0) is 12.7. The van der Waals surface area contributed by atoms with Gasteiger partial charge in [-0.15, -0.1) is 0 Å². The molecule has 1 aliphatic rings. The molecular weight excluding hydrogens is 215 g/mol. The normalized spacial score (nSPS) is 22.5. The summed E-state index contributed by atoms with van der Waals surface area (Å²) in [5.41, 5.74) is 0.404. The van der Waals surface area contributed by atoms with E-state index in [9.17, 15) is 5.11 Å². The van der Waals surface area contributed by atoms with E-state index in [1.807, 2.05) is 6.07 Å². The molecular formula is C13H19BO3. The third-order valence-corrected chi connectivity index (χ3v) is 2.85. The van der Waals surface area contributed by atoms with Gasteiger partial charge < -0.3 is 14.4 Å². The summed E-state index contributed by atoms with van der Waals surface area (Å²) < 4.78 is 11.8. The fourth-order valence-electron chi connectivity index (χ4n) is 2.52. The molecule has 2 rings (SSSR count). The van der Waals surface area contributed by atoms with E-state index in [4.69, 9.17) is 9.31 Å². The topological polar surface area (TPSA) is 38.7 Å². The smallest absolute Gasteiger partial charge is 0.494 e. The molecule has 0 aliphatic carbocycles. The van der Waals surface area contributed by atoms with Gasteiger partial charge in [0, 0.05) is 6.42 Å². The van der Waals surface area contributed by atoms with Gasteiger partial charge in [-0.1, -0.05) is 12.1 Å². The lowest BCUT2D eigenvalue weighted by Gasteiger charge is -2.44. The van der Waals surface area contributed by atoms with Crippen molar-refractivity contribution in [3.05, 3.63) is 24.3 Å². The molecule has 1 saturated heterocycles. The molecule has 0 spiro atoms. The molecule has 0 atom stereocenters. The van der Waals surface area contributed by atoms with Crippen LogP contribution in [-0.4, -0.2) is 23.4 Å². The zero-order valence-electron chi connectivity index (χ0n) is 10.9. The Balaban J connectivity index is 2.27. The van der Waals surface area contributed by atoms with Crippen LogP contribution in [0.1, 0.15) is 34.1 Å². The number of hydrogen-bond donors (Lipinski definition) is 1. The molecule has 0 amide bonds. The van der Waals surface area contributed by atoms with Gasteiger partial charge in [0.05, 0.1) is 11.2 Å². The van der Waals surface area contributed by atoms with Crippen LogP contribution < -0.4 is 5.46 Å². The van der Waals surface area contributed by atoms with Crippen LogP contribution in [0, 0.1) is 0 Å². The number of phenolic OH excluding ortho intramolecular Hbond substituents is 1. The summed E-state index contributed by atoms with van der Waals surface area (Å²) >= 11 is 0. The highest BCUT2D eigenvalue weighted by Crippen LogP contribution is 2.32. The molecule has 1 aromatic rings. The largest absolute Gasteiger partial charge is 0.508 e. The van der Waals surface area contributed by atoms with Gasteiger partial charge in [-0.25, -0.2) is 0 Å². The molecule has 17 heavy (non-hydrogen) atoms. The summed E-state index contributed by atoms with van der Waals surface area (Å²) in [7, 11) is -0.416. The van der Waals surface area contributed by atoms with Gasteiger partial charge in [0.25, 0.3) is 0 Å². The van der Waals surface area contributed by atoms with Crippen molar-refractivity contribution in [1.82, 2.24) is 0 Å². The Labute approximate surface area is 103 Å². The Morgan fingerprint density at radius 1 is 1.12 bits per heavy atom. The molecule has 1 heterocycles. The Hall–Kier alpha value is -0.995. The predicted octanol–water partition coefficient (Wildman–Crippen LogP) is 2.08. The van der Waals surface area contributed by atoms with E-state index in [-0.39, 0.29) is 17.0 Å². The molecule has 1 aromatic carbocycles. The molecule has 0 radical (unpaired) electrons. The van der Waals surface area contributed by atoms with Crippen molar-refractivity contribution in [3.63, 3.8) is 0 Å². The van der Waals surface area contributed by atoms with Gasteiger partial charge in [0.15, 0.2) is 0 Å². The first kappa shape index (κ1) is 12.5. The van der Waals surface area contributed by atoms with E-state index in [0.29, 0.717) is 0 Å². The SMILES string of the molecule is CC1(C)CC(C)(C)OB(c2cccc(O)c2)O1. The van der Waals surface area contributed by atoms with Gasteiger partial charge in [-0.05, 0) is 45.3 Å². The van der Waals surface area contributed by atoms with Crippen LogP contribution in [0.4, 0.5) is 0 Å². The monoisotopic (exact) mass is 234 g/mol. The number of benzene rings is 1. The second-order valence-electron chi connectivity index (χ2n) is 5.86. The van der Waals surface area contributed by atoms with Crippen LogP contribution in [0.5, 0.6) is 5.75 Å². The van der Waals surface area contributed by atoms with E-state index in [2.05, 4.69) is 27.7 Å². The van der Waals surface area contributed by atoms with Crippen molar-refractivity contribution in [1.29, 1.82) is 0 Å². The molecule has 92 valence electrons. The number of aromatic hydroxyl groups is 1. The van der Waals surface area contributed by atoms with E-state index in [1.165, 1.54) is 0 Å². The summed E-state index contributed by atoms with van der Waals surface area (Å²) in [6.45, 7) is 8.25. The second-order valence-corrected chi connectivity index (χ2v) is 5.86. The lowest BCUT2D eigenvalue weighted by atomic mass is 9.73. The average Bonchev–Trinajstić information content (AvgIpc) is 2.12. The van der Waals surface area contributed by atoms with E-state index < -0.39 is 7.12 Å². The maximum atomic E-state index is 9.49. The number of hydrogen-bond acceptors (Lipinski definition) is 3. The van der Waals surface area contributed by atoms with Crippen LogP contribution in [0.25, 0.3) is 0 Å². The lowest BCUT2D eigenvalue weighted by Crippen LogP contribution is -2.56. The van der Waals surface area contributed by atoms with Gasteiger partial charge in [0.1, 0.15) is 5.75 Å². The van der Waals surface area contributed by atoms with E-state index in [1.54, 1.807) is 18.2 Å². The third-order valence-electron chi connectivity index (χ3n) is 2.85. The first-order valence-electron chi connectivity index (χ1n) is 5.92. The first-order chi connectivity index (χ1) is 7.77. The Morgan fingerprint density at radius 2 is 1.71 bits per heavy atom. The van der Waals surface area contributed by atoms with E-state index in [0.717, 1.165) is 11.9 Å². The molecule has 0 saturated carbocycles. The molecule has 1 N–H and O–H groups in total. The Morgan fingerprint density at radius 3 is 2.24 bits per heavy atom. The minimum atomic E-state index is -0.416. The van der Waals surface area contributed by atoms with Crippen molar-refractivity contribution in [2.45, 2.75) is 45.3 Å². The highest BCUT2D eigenvalue weighted by molar-refractivity contribution is 6.61. The molecule has 1 fully saturated rings. The average molecular weight is 234 g/mol. The maximum Gasteiger partial charge on any atom is 0.494 e. The van der Waals surface area contributed by atoms with Gasteiger partial charge in [-0.2, -0.15) is 0 Å². The van der Waals surface area contributed by atoms with Gasteiger partial charge >= 0.3 is 7.12 Å². The minimum Gasteiger partial charge on any atom is -0.508 e. The number of phenols is 1. The predicted molar refractivity (Wildman–Crippen MR) is 68.4 cm³/mol. The van der Waals surface area contributed by atoms with Gasteiger partial charge in [0.2, 0.25) is 0 Å². The van der Waals surface area contributed by atoms with Crippen LogP contribution in [0.2, 0.25) is 0 Å². The third kappa shape index (κ3) is 3.02.